The Kier molecular flexibility index (Phi) is 4.15. The Hall–Kier alpha value is -2.86. The summed E-state index contributed by atoms with van der Waals surface area (Å²) < 4.78 is 14.9. The molecule has 2 aliphatic rings. The van der Waals surface area contributed by atoms with Gasteiger partial charge in [-0.1, -0.05) is 7.43 Å². The lowest BCUT2D eigenvalue weighted by atomic mass is 9.94. The number of aromatic amines is 1. The summed E-state index contributed by atoms with van der Waals surface area (Å²) in [6, 6.07) is 8.65. The van der Waals surface area contributed by atoms with Gasteiger partial charge in [-0.3, -0.25) is 4.79 Å². The third kappa shape index (κ3) is 2.59. The fourth-order valence-corrected chi connectivity index (χ4v) is 4.16. The van der Waals surface area contributed by atoms with E-state index in [0.29, 0.717) is 28.6 Å². The van der Waals surface area contributed by atoms with E-state index >= 15 is 0 Å². The Balaban J connectivity index is 0.00000180. The highest BCUT2D eigenvalue weighted by Gasteiger charge is 2.31. The van der Waals surface area contributed by atoms with Crippen molar-refractivity contribution in [3.8, 4) is 11.3 Å². The van der Waals surface area contributed by atoms with Crippen LogP contribution in [0.5, 0.6) is 0 Å². The van der Waals surface area contributed by atoms with Crippen molar-refractivity contribution >= 4 is 28.1 Å². The number of hydrogen-bond donors (Lipinski definition) is 3. The van der Waals surface area contributed by atoms with Gasteiger partial charge in [0.2, 0.25) is 0 Å². The van der Waals surface area contributed by atoms with Gasteiger partial charge in [-0.15, -0.1) is 0 Å². The molecule has 1 fully saturated rings. The Morgan fingerprint density at radius 3 is 2.81 bits per heavy atom. The number of rotatable bonds is 2. The molecule has 5 rings (SSSR count). The molecule has 1 unspecified atom stereocenters. The average molecular weight is 367 g/mol. The molecule has 0 aliphatic carbocycles. The van der Waals surface area contributed by atoms with E-state index in [0.717, 1.165) is 36.3 Å². The number of nitrogens with one attached hydrogen (secondary N) is 2. The second-order valence-electron chi connectivity index (χ2n) is 6.94. The van der Waals surface area contributed by atoms with Crippen LogP contribution in [0, 0.1) is 5.82 Å². The van der Waals surface area contributed by atoms with Gasteiger partial charge in [0.25, 0.3) is 5.91 Å². The second kappa shape index (κ2) is 6.39. The average Bonchev–Trinajstić information content (AvgIpc) is 3.27. The smallest absolute Gasteiger partial charge is 0.257 e. The fourth-order valence-electron chi connectivity index (χ4n) is 4.16. The van der Waals surface area contributed by atoms with Crippen molar-refractivity contribution in [3.05, 3.63) is 47.9 Å². The first-order valence-corrected chi connectivity index (χ1v) is 8.81. The number of hydrogen-bond acceptors (Lipinski definition) is 3. The number of β-amino-alcohol motifs (C(OH)–C–C–N with tert-alkyl or cyclic N) is 1. The molecular weight excluding hydrogens is 345 g/mol. The Labute approximate surface area is 156 Å². The van der Waals surface area contributed by atoms with E-state index < -0.39 is 6.10 Å². The first-order chi connectivity index (χ1) is 12.6. The summed E-state index contributed by atoms with van der Waals surface area (Å²) in [6.45, 7) is 1.21. The molecular formula is C21H22FN3O2. The number of amides is 1. The second-order valence-corrected chi connectivity index (χ2v) is 6.94. The Morgan fingerprint density at radius 2 is 2.07 bits per heavy atom. The summed E-state index contributed by atoms with van der Waals surface area (Å²) >= 11 is 0. The van der Waals surface area contributed by atoms with E-state index in [1.807, 2.05) is 23.1 Å². The zero-order chi connectivity index (χ0) is 17.8. The fraction of sp³-hybridized carbons (Fsp3) is 0.286. The third-order valence-electron chi connectivity index (χ3n) is 5.31. The highest BCUT2D eigenvalue weighted by atomic mass is 19.1. The van der Waals surface area contributed by atoms with Crippen LogP contribution in [0.4, 0.5) is 15.8 Å². The van der Waals surface area contributed by atoms with E-state index in [1.165, 1.54) is 6.07 Å². The normalized spacial score (nSPS) is 18.5. The van der Waals surface area contributed by atoms with E-state index in [-0.39, 0.29) is 19.2 Å². The molecule has 3 heterocycles. The number of carbonyl (C=O) groups is 1. The third-order valence-corrected chi connectivity index (χ3v) is 5.31. The van der Waals surface area contributed by atoms with Crippen LogP contribution < -0.4 is 10.2 Å². The van der Waals surface area contributed by atoms with E-state index in [9.17, 15) is 14.3 Å². The lowest BCUT2D eigenvalue weighted by Gasteiger charge is -2.33. The highest BCUT2D eigenvalue weighted by molar-refractivity contribution is 6.28. The van der Waals surface area contributed by atoms with Crippen LogP contribution in [-0.2, 0) is 0 Å². The molecule has 27 heavy (non-hydrogen) atoms. The molecule has 1 aromatic heterocycles. The molecule has 3 aromatic rings. The zero-order valence-electron chi connectivity index (χ0n) is 14.1. The summed E-state index contributed by atoms with van der Waals surface area (Å²) in [7, 11) is 0. The molecule has 2 aromatic carbocycles. The van der Waals surface area contributed by atoms with Crippen LogP contribution in [0.1, 0.15) is 30.6 Å². The summed E-state index contributed by atoms with van der Waals surface area (Å²) in [5.74, 6) is -0.569. The summed E-state index contributed by atoms with van der Waals surface area (Å²) in [5, 5.41) is 14.0. The number of benzene rings is 2. The number of piperidine rings is 1. The van der Waals surface area contributed by atoms with Crippen LogP contribution in [0.15, 0.2) is 36.5 Å². The largest absolute Gasteiger partial charge is 0.391 e. The molecule has 1 atom stereocenters. The number of aliphatic hydroxyl groups excluding tert-OH is 1. The summed E-state index contributed by atoms with van der Waals surface area (Å²) in [4.78, 5) is 17.8. The number of halogens is 1. The standard InChI is InChI=1S/C20H18FN3O2.CH4/c21-13-5-6-15-19-17(20(26)23-15)12(14-4-1-7-22-14)9-16(18(13)19)24-8-2-3-11(25)10-24;/h1,4-7,9,11,22,25H,2-3,8,10H2,(H,23,26);1H4. The van der Waals surface area contributed by atoms with Crippen molar-refractivity contribution < 1.29 is 14.3 Å². The molecule has 1 amide bonds. The van der Waals surface area contributed by atoms with Gasteiger partial charge >= 0.3 is 0 Å². The maximum absolute atomic E-state index is 14.9. The number of carbonyl (C=O) groups excluding carboxylic acids is 1. The molecule has 0 saturated carbocycles. The van der Waals surface area contributed by atoms with Crippen molar-refractivity contribution in [3.63, 3.8) is 0 Å². The van der Waals surface area contributed by atoms with Crippen molar-refractivity contribution in [2.24, 2.45) is 0 Å². The molecule has 6 heteroatoms. The van der Waals surface area contributed by atoms with Crippen LogP contribution >= 0.6 is 0 Å². The Bertz CT molecular complexity index is 1030. The molecule has 3 N–H and O–H groups in total. The van der Waals surface area contributed by atoms with Crippen molar-refractivity contribution in [1.29, 1.82) is 0 Å². The number of anilines is 2. The van der Waals surface area contributed by atoms with Crippen LogP contribution in [0.3, 0.4) is 0 Å². The molecule has 5 nitrogen and oxygen atoms in total. The monoisotopic (exact) mass is 367 g/mol. The van der Waals surface area contributed by atoms with Crippen molar-refractivity contribution in [2.75, 3.05) is 23.3 Å². The van der Waals surface area contributed by atoms with Crippen LogP contribution in [-0.4, -0.2) is 35.2 Å². The predicted molar refractivity (Wildman–Crippen MR) is 106 cm³/mol. The number of nitrogens with zero attached hydrogens (tertiary/aromatic N) is 1. The predicted octanol–water partition coefficient (Wildman–Crippen LogP) is 4.14. The molecule has 0 spiro atoms. The minimum atomic E-state index is -0.427. The van der Waals surface area contributed by atoms with Gasteiger partial charge in [0, 0.05) is 52.7 Å². The maximum atomic E-state index is 14.9. The number of H-pyrrole nitrogens is 1. The van der Waals surface area contributed by atoms with Crippen molar-refractivity contribution in [2.45, 2.75) is 26.4 Å². The lowest BCUT2D eigenvalue weighted by Crippen LogP contribution is -2.38. The summed E-state index contributed by atoms with van der Waals surface area (Å²) in [6.07, 6.45) is 2.98. The van der Waals surface area contributed by atoms with Gasteiger partial charge in [-0.25, -0.2) is 4.39 Å². The quantitative estimate of drug-likeness (QED) is 0.638. The molecule has 0 bridgehead atoms. The minimum Gasteiger partial charge on any atom is -0.391 e. The maximum Gasteiger partial charge on any atom is 0.257 e. The molecule has 2 aliphatic heterocycles. The van der Waals surface area contributed by atoms with E-state index in [4.69, 9.17) is 0 Å². The highest BCUT2D eigenvalue weighted by Crippen LogP contribution is 2.45. The van der Waals surface area contributed by atoms with Gasteiger partial charge in [0.1, 0.15) is 5.82 Å². The Morgan fingerprint density at radius 1 is 1.22 bits per heavy atom. The SMILES string of the molecule is C.O=C1Nc2ccc(F)c3c(N4CCCC(O)C4)cc(-c4ccc[nH]4)c1c23. The molecule has 0 radical (unpaired) electrons. The number of aromatic nitrogens is 1. The van der Waals surface area contributed by atoms with Gasteiger partial charge in [0.15, 0.2) is 0 Å². The summed E-state index contributed by atoms with van der Waals surface area (Å²) in [5.41, 5.74) is 3.42. The topological polar surface area (TPSA) is 68.4 Å². The number of aliphatic hydroxyl groups is 1. The zero-order valence-corrected chi connectivity index (χ0v) is 14.1. The molecule has 140 valence electrons. The van der Waals surface area contributed by atoms with Crippen LogP contribution in [0.25, 0.3) is 22.0 Å². The minimum absolute atomic E-state index is 0. The van der Waals surface area contributed by atoms with E-state index in [2.05, 4.69) is 10.3 Å². The lowest BCUT2D eigenvalue weighted by molar-refractivity contribution is 0.103. The van der Waals surface area contributed by atoms with Crippen molar-refractivity contribution in [1.82, 2.24) is 4.98 Å². The van der Waals surface area contributed by atoms with E-state index in [1.54, 1.807) is 12.3 Å². The van der Waals surface area contributed by atoms with Gasteiger partial charge in [0.05, 0.1) is 11.7 Å². The van der Waals surface area contributed by atoms with Gasteiger partial charge < -0.3 is 20.3 Å². The molecule has 1 saturated heterocycles. The van der Waals surface area contributed by atoms with Gasteiger partial charge in [-0.05, 0) is 43.2 Å². The van der Waals surface area contributed by atoms with Crippen LogP contribution in [0.2, 0.25) is 0 Å². The first-order valence-electron chi connectivity index (χ1n) is 8.81. The van der Waals surface area contributed by atoms with Gasteiger partial charge in [-0.2, -0.15) is 0 Å². The first kappa shape index (κ1) is 17.5.